The van der Waals surface area contributed by atoms with Gasteiger partial charge in [-0.25, -0.2) is 4.39 Å². The smallest absolute Gasteiger partial charge is 0.297 e. The Morgan fingerprint density at radius 2 is 1.67 bits per heavy atom. The summed E-state index contributed by atoms with van der Waals surface area (Å²) in [4.78, 5) is 46.8. The van der Waals surface area contributed by atoms with E-state index >= 15 is 4.79 Å². The number of anilines is 2. The van der Waals surface area contributed by atoms with Crippen molar-refractivity contribution in [3.8, 4) is 0 Å². The second-order valence-corrected chi connectivity index (χ2v) is 13.3. The van der Waals surface area contributed by atoms with Crippen LogP contribution in [0.1, 0.15) is 38.4 Å². The number of rotatable bonds is 6. The molecule has 0 radical (unpaired) electrons. The van der Waals surface area contributed by atoms with Gasteiger partial charge in [-0.3, -0.25) is 19.3 Å². The predicted molar refractivity (Wildman–Crippen MR) is 175 cm³/mol. The zero-order valence-electron chi connectivity index (χ0n) is 24.3. The number of amides is 2. The van der Waals surface area contributed by atoms with E-state index in [4.69, 9.17) is 4.42 Å². The summed E-state index contributed by atoms with van der Waals surface area (Å²) in [5.41, 5.74) is 1.80. The maximum Gasteiger partial charge on any atom is 0.297 e. The molecule has 8 nitrogen and oxygen atoms in total. The van der Waals surface area contributed by atoms with Crippen LogP contribution in [0.15, 0.2) is 111 Å². The van der Waals surface area contributed by atoms with Crippen LogP contribution in [-0.2, 0) is 22.6 Å². The summed E-state index contributed by atoms with van der Waals surface area (Å²) in [5.74, 6) is -1.13. The summed E-state index contributed by atoms with van der Waals surface area (Å²) >= 11 is 2.51. The van der Waals surface area contributed by atoms with Crippen LogP contribution in [0, 0.1) is 12.7 Å². The lowest BCUT2D eigenvalue weighted by molar-refractivity contribution is -0.121. The standard InChI is InChI=1S/C35H23FN4O4S2/c1-20-7-6-8-22(17-20)18-39-26-11-4-3-10-25(26)35(32(39)43)28-29(41)24-9-2-5-12-27(24)44-30(28)31(42)40(35)33-37-38-34(46-33)45-19-21-13-15-23(36)16-14-21/h2-17H,18-19H2,1H3. The minimum atomic E-state index is -1.87. The highest BCUT2D eigenvalue weighted by molar-refractivity contribution is 8.00. The topological polar surface area (TPSA) is 96.6 Å². The number of aryl methyl sites for hydroxylation is 1. The molecule has 0 saturated heterocycles. The van der Waals surface area contributed by atoms with Crippen LogP contribution in [-0.4, -0.2) is 22.0 Å². The average molecular weight is 647 g/mol. The van der Waals surface area contributed by atoms with E-state index in [1.54, 1.807) is 53.4 Å². The number of para-hydroxylation sites is 2. The summed E-state index contributed by atoms with van der Waals surface area (Å²) in [6.07, 6.45) is 0. The Labute approximate surface area is 270 Å². The summed E-state index contributed by atoms with van der Waals surface area (Å²) in [7, 11) is 0. The predicted octanol–water partition coefficient (Wildman–Crippen LogP) is 6.84. The van der Waals surface area contributed by atoms with Crippen molar-refractivity contribution in [3.05, 3.63) is 147 Å². The first-order valence-corrected chi connectivity index (χ1v) is 16.2. The minimum Gasteiger partial charge on any atom is -0.450 e. The molecule has 1 atom stereocenters. The van der Waals surface area contributed by atoms with Crippen LogP contribution in [0.4, 0.5) is 15.2 Å². The SMILES string of the molecule is Cc1cccc(CN2C(=O)C3(c4ccccc42)c2c(oc4ccccc4c2=O)C(=O)N3c2nnc(SCc3ccc(F)cc3)s2)c1. The number of thioether (sulfide) groups is 1. The lowest BCUT2D eigenvalue weighted by atomic mass is 9.84. The van der Waals surface area contributed by atoms with E-state index in [9.17, 15) is 14.0 Å². The Morgan fingerprint density at radius 3 is 2.50 bits per heavy atom. The highest BCUT2D eigenvalue weighted by atomic mass is 32.2. The lowest BCUT2D eigenvalue weighted by Crippen LogP contribution is -2.53. The molecule has 2 aliphatic rings. The molecule has 0 saturated carbocycles. The van der Waals surface area contributed by atoms with E-state index in [0.29, 0.717) is 21.3 Å². The highest BCUT2D eigenvalue weighted by Crippen LogP contribution is 2.55. The molecule has 4 heterocycles. The first kappa shape index (κ1) is 28.4. The first-order chi connectivity index (χ1) is 22.4. The molecule has 0 N–H and O–H groups in total. The molecule has 1 spiro atoms. The van der Waals surface area contributed by atoms with Gasteiger partial charge in [0.05, 0.1) is 23.2 Å². The number of aromatic nitrogens is 2. The van der Waals surface area contributed by atoms with Crippen molar-refractivity contribution >= 4 is 56.7 Å². The maximum absolute atomic E-state index is 15.1. The minimum absolute atomic E-state index is 0.0314. The zero-order chi connectivity index (χ0) is 31.6. The van der Waals surface area contributed by atoms with Gasteiger partial charge in [0.15, 0.2) is 15.3 Å². The Kier molecular flexibility index (Phi) is 6.62. The van der Waals surface area contributed by atoms with Gasteiger partial charge in [0.1, 0.15) is 11.4 Å². The number of fused-ring (bicyclic) bond motifs is 5. The van der Waals surface area contributed by atoms with Crippen LogP contribution < -0.4 is 15.2 Å². The molecular weight excluding hydrogens is 624 g/mol. The van der Waals surface area contributed by atoms with Crippen LogP contribution in [0.5, 0.6) is 0 Å². The molecule has 4 aromatic carbocycles. The van der Waals surface area contributed by atoms with E-state index in [0.717, 1.165) is 28.0 Å². The molecule has 226 valence electrons. The number of nitrogens with zero attached hydrogens (tertiary/aromatic N) is 4. The number of carbonyl (C=O) groups excluding carboxylic acids is 2. The molecular formula is C35H23FN4O4S2. The van der Waals surface area contributed by atoms with E-state index in [1.165, 1.54) is 28.8 Å². The van der Waals surface area contributed by atoms with Crippen molar-refractivity contribution in [2.45, 2.75) is 29.1 Å². The number of hydrogen-bond donors (Lipinski definition) is 0. The van der Waals surface area contributed by atoms with Gasteiger partial charge in [0, 0.05) is 11.3 Å². The Balaban J connectivity index is 1.31. The van der Waals surface area contributed by atoms with Crippen molar-refractivity contribution in [1.82, 2.24) is 10.2 Å². The Bertz CT molecular complexity index is 2270. The van der Waals surface area contributed by atoms with Gasteiger partial charge in [0.2, 0.25) is 10.9 Å². The van der Waals surface area contributed by atoms with Gasteiger partial charge >= 0.3 is 0 Å². The fourth-order valence-electron chi connectivity index (χ4n) is 6.34. The van der Waals surface area contributed by atoms with Crippen LogP contribution >= 0.6 is 23.1 Å². The Morgan fingerprint density at radius 1 is 0.891 bits per heavy atom. The fourth-order valence-corrected chi connectivity index (χ4v) is 8.18. The van der Waals surface area contributed by atoms with Gasteiger partial charge in [-0.05, 0) is 48.4 Å². The normalized spacial score (nSPS) is 16.9. The van der Waals surface area contributed by atoms with E-state index < -0.39 is 22.8 Å². The molecule has 46 heavy (non-hydrogen) atoms. The second-order valence-electron chi connectivity index (χ2n) is 11.1. The summed E-state index contributed by atoms with van der Waals surface area (Å²) in [6, 6.07) is 28.0. The highest BCUT2D eigenvalue weighted by Gasteiger charge is 2.66. The molecule has 6 aromatic rings. The van der Waals surface area contributed by atoms with Crippen molar-refractivity contribution in [2.75, 3.05) is 9.80 Å². The first-order valence-electron chi connectivity index (χ1n) is 14.4. The third-order valence-electron chi connectivity index (χ3n) is 8.32. The van der Waals surface area contributed by atoms with Gasteiger partial charge in [-0.2, -0.15) is 0 Å². The largest absolute Gasteiger partial charge is 0.450 e. The van der Waals surface area contributed by atoms with E-state index in [-0.39, 0.29) is 39.8 Å². The van der Waals surface area contributed by atoms with Gasteiger partial charge < -0.3 is 9.32 Å². The van der Waals surface area contributed by atoms with Crippen molar-refractivity contribution in [1.29, 1.82) is 0 Å². The third kappa shape index (κ3) is 4.22. The van der Waals surface area contributed by atoms with Gasteiger partial charge in [0.25, 0.3) is 11.8 Å². The average Bonchev–Trinajstić information content (AvgIpc) is 3.70. The molecule has 2 aliphatic heterocycles. The monoisotopic (exact) mass is 646 g/mol. The number of hydrogen-bond acceptors (Lipinski definition) is 8. The molecule has 1 unspecified atom stereocenters. The molecule has 0 aliphatic carbocycles. The van der Waals surface area contributed by atoms with Gasteiger partial charge in [-0.1, -0.05) is 95.4 Å². The van der Waals surface area contributed by atoms with Crippen LogP contribution in [0.25, 0.3) is 11.0 Å². The fraction of sp³-hybridized carbons (Fsp3) is 0.114. The summed E-state index contributed by atoms with van der Waals surface area (Å²) in [5, 5.41) is 9.14. The second kappa shape index (κ2) is 10.7. The quantitative estimate of drug-likeness (QED) is 0.145. The molecule has 11 heteroatoms. The number of benzene rings is 4. The Hall–Kier alpha value is -5.13. The maximum atomic E-state index is 15.1. The van der Waals surface area contributed by atoms with Crippen molar-refractivity contribution in [2.24, 2.45) is 0 Å². The van der Waals surface area contributed by atoms with Crippen molar-refractivity contribution < 1.29 is 18.4 Å². The molecule has 2 amide bonds. The van der Waals surface area contributed by atoms with E-state index in [1.807, 2.05) is 43.3 Å². The van der Waals surface area contributed by atoms with E-state index in [2.05, 4.69) is 10.2 Å². The molecule has 0 bridgehead atoms. The molecule has 0 fully saturated rings. The van der Waals surface area contributed by atoms with Gasteiger partial charge in [-0.15, -0.1) is 10.2 Å². The zero-order valence-corrected chi connectivity index (χ0v) is 25.9. The summed E-state index contributed by atoms with van der Waals surface area (Å²) in [6.45, 7) is 2.21. The summed E-state index contributed by atoms with van der Waals surface area (Å²) < 4.78 is 20.1. The third-order valence-corrected chi connectivity index (χ3v) is 10.4. The number of halogens is 1. The van der Waals surface area contributed by atoms with Crippen LogP contribution in [0.2, 0.25) is 0 Å². The van der Waals surface area contributed by atoms with Crippen molar-refractivity contribution in [3.63, 3.8) is 0 Å². The van der Waals surface area contributed by atoms with Crippen LogP contribution in [0.3, 0.4) is 0 Å². The lowest BCUT2D eigenvalue weighted by Gasteiger charge is -2.32. The molecule has 8 rings (SSSR count). The number of carbonyl (C=O) groups is 2. The molecule has 2 aromatic heterocycles.